The Balaban J connectivity index is 1.95. The molecule has 0 aliphatic carbocycles. The van der Waals surface area contributed by atoms with Crippen LogP contribution in [-0.2, 0) is 4.74 Å². The third kappa shape index (κ3) is 4.51. The Hall–Kier alpha value is -0.980. The fourth-order valence-electron chi connectivity index (χ4n) is 2.72. The Morgan fingerprint density at radius 2 is 2.05 bits per heavy atom. The van der Waals surface area contributed by atoms with E-state index in [2.05, 4.69) is 58.8 Å². The SMILES string of the molecule is CC1CN(C(C)(C)CNC(=O)c2cncc(Br)c2)CC(C)O1. The van der Waals surface area contributed by atoms with Crippen molar-refractivity contribution in [3.05, 3.63) is 28.5 Å². The van der Waals surface area contributed by atoms with Gasteiger partial charge in [-0.15, -0.1) is 0 Å². The minimum Gasteiger partial charge on any atom is -0.373 e. The molecule has 0 bridgehead atoms. The zero-order chi connectivity index (χ0) is 16.3. The first-order chi connectivity index (χ1) is 10.3. The number of carbonyl (C=O) groups excluding carboxylic acids is 1. The highest BCUT2D eigenvalue weighted by Crippen LogP contribution is 2.20. The summed E-state index contributed by atoms with van der Waals surface area (Å²) in [4.78, 5) is 18.6. The molecule has 6 heteroatoms. The Kier molecular flexibility index (Phi) is 5.58. The summed E-state index contributed by atoms with van der Waals surface area (Å²) in [7, 11) is 0. The highest BCUT2D eigenvalue weighted by atomic mass is 79.9. The molecule has 2 atom stereocenters. The number of ether oxygens (including phenoxy) is 1. The van der Waals surface area contributed by atoms with E-state index in [4.69, 9.17) is 4.74 Å². The van der Waals surface area contributed by atoms with Crippen molar-refractivity contribution < 1.29 is 9.53 Å². The second-order valence-corrected chi connectivity index (χ2v) is 7.46. The van der Waals surface area contributed by atoms with Crippen molar-refractivity contribution in [2.75, 3.05) is 19.6 Å². The van der Waals surface area contributed by atoms with Crippen LogP contribution in [0.25, 0.3) is 0 Å². The second kappa shape index (κ2) is 7.06. The van der Waals surface area contributed by atoms with Crippen LogP contribution in [0.4, 0.5) is 0 Å². The van der Waals surface area contributed by atoms with Gasteiger partial charge in [-0.3, -0.25) is 14.7 Å². The van der Waals surface area contributed by atoms with Crippen LogP contribution < -0.4 is 5.32 Å². The van der Waals surface area contributed by atoms with E-state index in [0.717, 1.165) is 17.6 Å². The van der Waals surface area contributed by atoms with E-state index in [0.29, 0.717) is 12.1 Å². The van der Waals surface area contributed by atoms with Crippen LogP contribution in [0.3, 0.4) is 0 Å². The first-order valence-electron chi connectivity index (χ1n) is 7.57. The number of pyridine rings is 1. The Morgan fingerprint density at radius 1 is 1.41 bits per heavy atom. The number of hydrogen-bond acceptors (Lipinski definition) is 4. The maximum atomic E-state index is 12.2. The average molecular weight is 370 g/mol. The predicted molar refractivity (Wildman–Crippen MR) is 89.9 cm³/mol. The molecule has 122 valence electrons. The number of nitrogens with zero attached hydrogens (tertiary/aromatic N) is 2. The number of carbonyl (C=O) groups is 1. The maximum absolute atomic E-state index is 12.2. The Bertz CT molecular complexity index is 526. The quantitative estimate of drug-likeness (QED) is 0.885. The smallest absolute Gasteiger partial charge is 0.252 e. The van der Waals surface area contributed by atoms with Crippen molar-refractivity contribution in [1.82, 2.24) is 15.2 Å². The van der Waals surface area contributed by atoms with Gasteiger partial charge in [-0.1, -0.05) is 0 Å². The summed E-state index contributed by atoms with van der Waals surface area (Å²) in [6, 6.07) is 1.77. The van der Waals surface area contributed by atoms with Gasteiger partial charge in [-0.2, -0.15) is 0 Å². The number of rotatable bonds is 4. The number of amides is 1. The summed E-state index contributed by atoms with van der Waals surface area (Å²) in [5, 5.41) is 3.01. The molecular weight excluding hydrogens is 346 g/mol. The maximum Gasteiger partial charge on any atom is 0.252 e. The van der Waals surface area contributed by atoms with Crippen LogP contribution in [0.2, 0.25) is 0 Å². The van der Waals surface area contributed by atoms with E-state index in [1.807, 2.05) is 0 Å². The van der Waals surface area contributed by atoms with Crippen molar-refractivity contribution in [3.8, 4) is 0 Å². The first kappa shape index (κ1) is 17.4. The molecule has 0 aromatic carbocycles. The van der Waals surface area contributed by atoms with Gasteiger partial charge in [0.25, 0.3) is 5.91 Å². The number of aromatic nitrogens is 1. The lowest BCUT2D eigenvalue weighted by Gasteiger charge is -2.45. The van der Waals surface area contributed by atoms with Gasteiger partial charge in [-0.05, 0) is 49.7 Å². The number of nitrogens with one attached hydrogen (secondary N) is 1. The first-order valence-corrected chi connectivity index (χ1v) is 8.36. The lowest BCUT2D eigenvalue weighted by Crippen LogP contribution is -2.58. The zero-order valence-corrected chi connectivity index (χ0v) is 15.2. The molecule has 0 saturated carbocycles. The molecule has 1 saturated heterocycles. The molecule has 1 aromatic heterocycles. The summed E-state index contributed by atoms with van der Waals surface area (Å²) in [6.07, 6.45) is 3.67. The van der Waals surface area contributed by atoms with Gasteiger partial charge < -0.3 is 10.1 Å². The molecule has 1 N–H and O–H groups in total. The third-order valence-electron chi connectivity index (χ3n) is 3.92. The van der Waals surface area contributed by atoms with Gasteiger partial charge in [0.05, 0.1) is 17.8 Å². The van der Waals surface area contributed by atoms with Crippen LogP contribution in [0, 0.1) is 0 Å². The summed E-state index contributed by atoms with van der Waals surface area (Å²) >= 11 is 3.33. The molecule has 0 radical (unpaired) electrons. The molecule has 0 spiro atoms. The van der Waals surface area contributed by atoms with E-state index in [-0.39, 0.29) is 23.7 Å². The average Bonchev–Trinajstić information content (AvgIpc) is 2.44. The Morgan fingerprint density at radius 3 is 2.64 bits per heavy atom. The third-order valence-corrected chi connectivity index (χ3v) is 4.36. The van der Waals surface area contributed by atoms with Crippen molar-refractivity contribution in [2.45, 2.75) is 45.4 Å². The van der Waals surface area contributed by atoms with Gasteiger partial charge in [0, 0.05) is 42.0 Å². The van der Waals surface area contributed by atoms with E-state index < -0.39 is 0 Å². The molecule has 2 rings (SSSR count). The van der Waals surface area contributed by atoms with E-state index in [1.165, 1.54) is 0 Å². The monoisotopic (exact) mass is 369 g/mol. The molecule has 2 heterocycles. The van der Waals surface area contributed by atoms with Crippen molar-refractivity contribution >= 4 is 21.8 Å². The topological polar surface area (TPSA) is 54.5 Å². The van der Waals surface area contributed by atoms with Crippen molar-refractivity contribution in [2.24, 2.45) is 0 Å². The van der Waals surface area contributed by atoms with Crippen LogP contribution in [0.1, 0.15) is 38.1 Å². The largest absolute Gasteiger partial charge is 0.373 e. The molecule has 22 heavy (non-hydrogen) atoms. The summed E-state index contributed by atoms with van der Waals surface area (Å²) < 4.78 is 6.58. The predicted octanol–water partition coefficient (Wildman–Crippen LogP) is 2.46. The van der Waals surface area contributed by atoms with Gasteiger partial charge in [0.1, 0.15) is 0 Å². The van der Waals surface area contributed by atoms with Crippen LogP contribution >= 0.6 is 15.9 Å². The van der Waals surface area contributed by atoms with E-state index in [9.17, 15) is 4.79 Å². The highest BCUT2D eigenvalue weighted by molar-refractivity contribution is 9.10. The molecule has 1 amide bonds. The second-order valence-electron chi connectivity index (χ2n) is 6.55. The number of halogens is 1. The minimum absolute atomic E-state index is 0.101. The zero-order valence-electron chi connectivity index (χ0n) is 13.6. The molecule has 5 nitrogen and oxygen atoms in total. The molecular formula is C16H24BrN3O2. The van der Waals surface area contributed by atoms with E-state index in [1.54, 1.807) is 18.5 Å². The fraction of sp³-hybridized carbons (Fsp3) is 0.625. The Labute approximate surface area is 140 Å². The molecule has 1 aromatic rings. The van der Waals surface area contributed by atoms with Gasteiger partial charge in [0.2, 0.25) is 0 Å². The lowest BCUT2D eigenvalue weighted by molar-refractivity contribution is -0.0948. The van der Waals surface area contributed by atoms with Crippen LogP contribution in [0.5, 0.6) is 0 Å². The molecule has 1 fully saturated rings. The van der Waals surface area contributed by atoms with Gasteiger partial charge in [0.15, 0.2) is 0 Å². The van der Waals surface area contributed by atoms with Crippen LogP contribution in [-0.4, -0.2) is 53.2 Å². The number of morpholine rings is 1. The summed E-state index contributed by atoms with van der Waals surface area (Å²) in [6.45, 7) is 10.8. The molecule has 1 aliphatic heterocycles. The van der Waals surface area contributed by atoms with Crippen molar-refractivity contribution in [3.63, 3.8) is 0 Å². The highest BCUT2D eigenvalue weighted by Gasteiger charge is 2.33. The molecule has 1 aliphatic rings. The normalized spacial score (nSPS) is 23.3. The minimum atomic E-state index is -0.124. The number of hydrogen-bond donors (Lipinski definition) is 1. The van der Waals surface area contributed by atoms with E-state index >= 15 is 0 Å². The lowest BCUT2D eigenvalue weighted by atomic mass is 10.00. The fourth-order valence-corrected chi connectivity index (χ4v) is 3.08. The molecule has 2 unspecified atom stereocenters. The summed E-state index contributed by atoms with van der Waals surface area (Å²) in [5.74, 6) is -0.101. The van der Waals surface area contributed by atoms with Crippen molar-refractivity contribution in [1.29, 1.82) is 0 Å². The summed E-state index contributed by atoms with van der Waals surface area (Å²) in [5.41, 5.74) is 0.440. The standard InChI is InChI=1S/C16H24BrN3O2/c1-11-8-20(9-12(2)22-11)16(3,4)10-19-15(21)13-5-14(17)7-18-6-13/h5-7,11-12H,8-10H2,1-4H3,(H,19,21). The van der Waals surface area contributed by atoms with Gasteiger partial charge in [-0.25, -0.2) is 0 Å². The van der Waals surface area contributed by atoms with Crippen LogP contribution in [0.15, 0.2) is 22.9 Å². The van der Waals surface area contributed by atoms with Gasteiger partial charge >= 0.3 is 0 Å².